The van der Waals surface area contributed by atoms with Crippen molar-refractivity contribution in [1.29, 1.82) is 0 Å². The minimum absolute atomic E-state index is 0.00952. The first kappa shape index (κ1) is 17.6. The van der Waals surface area contributed by atoms with Crippen molar-refractivity contribution in [2.45, 2.75) is 13.8 Å². The van der Waals surface area contributed by atoms with Gasteiger partial charge in [-0.2, -0.15) is 0 Å². The van der Waals surface area contributed by atoms with E-state index in [9.17, 15) is 4.79 Å². The van der Waals surface area contributed by atoms with Crippen LogP contribution in [0.25, 0.3) is 10.2 Å². The molecule has 1 aromatic heterocycles. The Morgan fingerprint density at radius 2 is 1.88 bits per heavy atom. The van der Waals surface area contributed by atoms with E-state index in [-0.39, 0.29) is 5.91 Å². The number of aryl methyl sites for hydroxylation is 2. The third kappa shape index (κ3) is 3.89. The maximum atomic E-state index is 13.1. The number of amides is 1. The lowest BCUT2D eigenvalue weighted by atomic mass is 10.1. The molecule has 5 heteroatoms. The van der Waals surface area contributed by atoms with Crippen LogP contribution in [0.4, 0.5) is 5.13 Å². The Balaban J connectivity index is 2.02. The zero-order chi connectivity index (χ0) is 18.0. The van der Waals surface area contributed by atoms with E-state index in [1.807, 2.05) is 35.2 Å². The molecular formula is C20H24N3OS+. The van der Waals surface area contributed by atoms with Crippen LogP contribution in [0.15, 0.2) is 42.5 Å². The SMILES string of the molecule is Cc1cc(C)c2nc(N(CC[NH+](C)C)C(=O)c3ccccc3)sc2c1. The van der Waals surface area contributed by atoms with Crippen molar-refractivity contribution in [3.05, 3.63) is 59.2 Å². The highest BCUT2D eigenvalue weighted by atomic mass is 32.1. The van der Waals surface area contributed by atoms with Gasteiger partial charge in [-0.15, -0.1) is 0 Å². The van der Waals surface area contributed by atoms with Gasteiger partial charge in [-0.3, -0.25) is 9.69 Å². The summed E-state index contributed by atoms with van der Waals surface area (Å²) in [4.78, 5) is 21.0. The van der Waals surface area contributed by atoms with Gasteiger partial charge in [0.05, 0.1) is 37.4 Å². The molecule has 0 aliphatic rings. The number of carbonyl (C=O) groups excluding carboxylic acids is 1. The number of likely N-dealkylation sites (N-methyl/N-ethyl adjacent to an activating group) is 1. The fourth-order valence-corrected chi connectivity index (χ4v) is 4.00. The van der Waals surface area contributed by atoms with Crippen molar-refractivity contribution >= 4 is 32.6 Å². The molecule has 0 spiro atoms. The molecule has 0 unspecified atom stereocenters. The van der Waals surface area contributed by atoms with Crippen LogP contribution in [-0.2, 0) is 0 Å². The smallest absolute Gasteiger partial charge is 0.260 e. The molecule has 1 amide bonds. The number of hydrogen-bond donors (Lipinski definition) is 1. The number of anilines is 1. The van der Waals surface area contributed by atoms with Crippen LogP contribution >= 0.6 is 11.3 Å². The molecule has 1 heterocycles. The Bertz CT molecular complexity index is 887. The summed E-state index contributed by atoms with van der Waals surface area (Å²) in [6.45, 7) is 5.68. The van der Waals surface area contributed by atoms with Crippen molar-refractivity contribution in [2.24, 2.45) is 0 Å². The summed E-state index contributed by atoms with van der Waals surface area (Å²) in [6.07, 6.45) is 0. The van der Waals surface area contributed by atoms with Crippen molar-refractivity contribution in [1.82, 2.24) is 4.98 Å². The highest BCUT2D eigenvalue weighted by Gasteiger charge is 2.22. The molecule has 4 nitrogen and oxygen atoms in total. The van der Waals surface area contributed by atoms with Crippen LogP contribution in [0.2, 0.25) is 0 Å². The molecule has 2 aromatic carbocycles. The molecule has 3 aromatic rings. The van der Waals surface area contributed by atoms with Crippen LogP contribution < -0.4 is 9.80 Å². The Morgan fingerprint density at radius 3 is 2.56 bits per heavy atom. The quantitative estimate of drug-likeness (QED) is 0.765. The largest absolute Gasteiger partial charge is 0.338 e. The number of hydrogen-bond acceptors (Lipinski definition) is 3. The van der Waals surface area contributed by atoms with E-state index >= 15 is 0 Å². The number of rotatable bonds is 5. The highest BCUT2D eigenvalue weighted by Crippen LogP contribution is 2.32. The van der Waals surface area contributed by atoms with Crippen LogP contribution in [-0.4, -0.2) is 38.1 Å². The van der Waals surface area contributed by atoms with Gasteiger partial charge in [-0.25, -0.2) is 4.98 Å². The molecular weight excluding hydrogens is 330 g/mol. The van der Waals surface area contributed by atoms with Crippen molar-refractivity contribution in [3.63, 3.8) is 0 Å². The summed E-state index contributed by atoms with van der Waals surface area (Å²) in [5.74, 6) is 0.00952. The standard InChI is InChI=1S/C20H23N3OS/c1-14-12-15(2)18-17(13-14)25-20(21-18)23(11-10-22(3)4)19(24)16-8-6-5-7-9-16/h5-9,12-13H,10-11H2,1-4H3/p+1. The Labute approximate surface area is 152 Å². The van der Waals surface area contributed by atoms with E-state index in [1.165, 1.54) is 10.5 Å². The van der Waals surface area contributed by atoms with Gasteiger partial charge < -0.3 is 4.90 Å². The van der Waals surface area contributed by atoms with E-state index in [0.29, 0.717) is 12.1 Å². The summed E-state index contributed by atoms with van der Waals surface area (Å²) in [6, 6.07) is 13.7. The van der Waals surface area contributed by atoms with E-state index < -0.39 is 0 Å². The zero-order valence-electron chi connectivity index (χ0n) is 15.2. The van der Waals surface area contributed by atoms with Gasteiger partial charge >= 0.3 is 0 Å². The zero-order valence-corrected chi connectivity index (χ0v) is 16.0. The van der Waals surface area contributed by atoms with Crippen molar-refractivity contribution in [2.75, 3.05) is 32.1 Å². The number of carbonyl (C=O) groups is 1. The molecule has 3 rings (SSSR count). The summed E-state index contributed by atoms with van der Waals surface area (Å²) >= 11 is 1.59. The lowest BCUT2D eigenvalue weighted by Gasteiger charge is -2.20. The predicted molar refractivity (Wildman–Crippen MR) is 105 cm³/mol. The number of nitrogens with one attached hydrogen (secondary N) is 1. The first-order valence-corrected chi connectivity index (χ1v) is 9.31. The van der Waals surface area contributed by atoms with Gasteiger partial charge in [0.15, 0.2) is 5.13 Å². The lowest BCUT2D eigenvalue weighted by molar-refractivity contribution is -0.856. The highest BCUT2D eigenvalue weighted by molar-refractivity contribution is 7.22. The van der Waals surface area contributed by atoms with E-state index in [0.717, 1.165) is 27.5 Å². The summed E-state index contributed by atoms with van der Waals surface area (Å²) in [7, 11) is 4.19. The van der Waals surface area contributed by atoms with Crippen LogP contribution in [0, 0.1) is 13.8 Å². The average molecular weight is 354 g/mol. The molecule has 0 atom stereocenters. The third-order valence-corrected chi connectivity index (χ3v) is 5.18. The number of quaternary nitrogens is 1. The monoisotopic (exact) mass is 354 g/mol. The Morgan fingerprint density at radius 1 is 1.16 bits per heavy atom. The number of thiazole rings is 1. The van der Waals surface area contributed by atoms with Gasteiger partial charge in [-0.1, -0.05) is 35.6 Å². The second-order valence-electron chi connectivity index (χ2n) is 6.70. The minimum atomic E-state index is 0.00952. The predicted octanol–water partition coefficient (Wildman–Crippen LogP) is 2.70. The van der Waals surface area contributed by atoms with Crippen LogP contribution in [0.3, 0.4) is 0 Å². The molecule has 0 bridgehead atoms. The molecule has 130 valence electrons. The molecule has 0 aliphatic carbocycles. The molecule has 0 radical (unpaired) electrons. The Kier molecular flexibility index (Phi) is 5.16. The van der Waals surface area contributed by atoms with Crippen molar-refractivity contribution in [3.8, 4) is 0 Å². The van der Waals surface area contributed by atoms with Gasteiger partial charge in [0.1, 0.15) is 0 Å². The topological polar surface area (TPSA) is 37.6 Å². The molecule has 0 fully saturated rings. The van der Waals surface area contributed by atoms with E-state index in [4.69, 9.17) is 4.98 Å². The van der Waals surface area contributed by atoms with Crippen LogP contribution in [0.1, 0.15) is 21.5 Å². The summed E-state index contributed by atoms with van der Waals surface area (Å²) in [5, 5.41) is 0.777. The number of fused-ring (bicyclic) bond motifs is 1. The first-order chi connectivity index (χ1) is 12.0. The second kappa shape index (κ2) is 7.33. The fraction of sp³-hybridized carbons (Fsp3) is 0.300. The molecule has 25 heavy (non-hydrogen) atoms. The molecule has 0 saturated heterocycles. The van der Waals surface area contributed by atoms with E-state index in [1.54, 1.807) is 11.3 Å². The first-order valence-electron chi connectivity index (χ1n) is 8.49. The molecule has 0 aliphatic heterocycles. The van der Waals surface area contributed by atoms with Gasteiger partial charge in [0, 0.05) is 5.56 Å². The number of aromatic nitrogens is 1. The molecule has 1 N–H and O–H groups in total. The Hall–Kier alpha value is -2.24. The maximum absolute atomic E-state index is 13.1. The van der Waals surface area contributed by atoms with E-state index in [2.05, 4.69) is 40.1 Å². The normalized spacial score (nSPS) is 11.2. The second-order valence-corrected chi connectivity index (χ2v) is 7.71. The third-order valence-electron chi connectivity index (χ3n) is 4.15. The van der Waals surface area contributed by atoms with Crippen molar-refractivity contribution < 1.29 is 9.69 Å². The summed E-state index contributed by atoms with van der Waals surface area (Å²) < 4.78 is 1.13. The number of benzene rings is 2. The fourth-order valence-electron chi connectivity index (χ4n) is 2.83. The summed E-state index contributed by atoms with van der Waals surface area (Å²) in [5.41, 5.74) is 4.07. The minimum Gasteiger partial charge on any atom is -0.338 e. The lowest BCUT2D eigenvalue weighted by Crippen LogP contribution is -3.06. The molecule has 0 saturated carbocycles. The van der Waals surface area contributed by atoms with Gasteiger partial charge in [0.2, 0.25) is 0 Å². The number of nitrogens with zero attached hydrogens (tertiary/aromatic N) is 2. The van der Waals surface area contributed by atoms with Gasteiger partial charge in [-0.05, 0) is 43.2 Å². The van der Waals surface area contributed by atoms with Crippen LogP contribution in [0.5, 0.6) is 0 Å². The maximum Gasteiger partial charge on any atom is 0.260 e. The van der Waals surface area contributed by atoms with Gasteiger partial charge in [0.25, 0.3) is 5.91 Å². The average Bonchev–Trinajstić information content (AvgIpc) is 2.99.